The van der Waals surface area contributed by atoms with Gasteiger partial charge in [0, 0.05) is 25.2 Å². The first kappa shape index (κ1) is 14.7. The minimum atomic E-state index is -4.96. The third kappa shape index (κ3) is 4.17. The number of rotatable bonds is 4. The third-order valence-electron chi connectivity index (χ3n) is 2.90. The lowest BCUT2D eigenvalue weighted by atomic mass is 9.85. The number of amides is 1. The second kappa shape index (κ2) is 5.55. The second-order valence-corrected chi connectivity index (χ2v) is 4.24. The number of carboxylic acid groups (broad SMARTS) is 1. The van der Waals surface area contributed by atoms with Crippen molar-refractivity contribution in [2.75, 3.05) is 13.2 Å². The number of halogens is 3. The van der Waals surface area contributed by atoms with Crippen LogP contribution >= 0.6 is 0 Å². The fraction of sp³-hybridized carbons (Fsp3) is 0.800. The van der Waals surface area contributed by atoms with Gasteiger partial charge in [-0.2, -0.15) is 13.2 Å². The standard InChI is InChI=1S/C10H14F3NO4/c11-10(12,13)8(17)14-9(2-1-7(15)16)3-5-18-6-4-9/h1-6H2,(H,14,17)(H,15,16). The van der Waals surface area contributed by atoms with Gasteiger partial charge in [-0.1, -0.05) is 0 Å². The summed E-state index contributed by atoms with van der Waals surface area (Å²) in [4.78, 5) is 21.5. The molecular formula is C10H14F3NO4. The maximum atomic E-state index is 12.2. The van der Waals surface area contributed by atoms with Crippen molar-refractivity contribution >= 4 is 11.9 Å². The first-order valence-electron chi connectivity index (χ1n) is 5.44. The maximum Gasteiger partial charge on any atom is 0.471 e. The van der Waals surface area contributed by atoms with Crippen LogP contribution in [0.1, 0.15) is 25.7 Å². The monoisotopic (exact) mass is 269 g/mol. The first-order chi connectivity index (χ1) is 8.25. The molecule has 104 valence electrons. The average molecular weight is 269 g/mol. The van der Waals surface area contributed by atoms with E-state index in [1.54, 1.807) is 0 Å². The molecule has 0 aromatic rings. The zero-order valence-electron chi connectivity index (χ0n) is 9.55. The van der Waals surface area contributed by atoms with Gasteiger partial charge >= 0.3 is 18.1 Å². The molecule has 0 aromatic heterocycles. The molecule has 0 aromatic carbocycles. The number of nitrogens with one attached hydrogen (secondary N) is 1. The normalized spacial score (nSPS) is 19.3. The van der Waals surface area contributed by atoms with E-state index in [-0.39, 0.29) is 38.9 Å². The summed E-state index contributed by atoms with van der Waals surface area (Å²) in [6, 6.07) is 0. The van der Waals surface area contributed by atoms with E-state index in [2.05, 4.69) is 0 Å². The topological polar surface area (TPSA) is 75.6 Å². The summed E-state index contributed by atoms with van der Waals surface area (Å²) >= 11 is 0. The zero-order chi connectivity index (χ0) is 13.8. The van der Waals surface area contributed by atoms with E-state index in [4.69, 9.17) is 9.84 Å². The Balaban J connectivity index is 2.71. The van der Waals surface area contributed by atoms with Crippen LogP contribution in [0.3, 0.4) is 0 Å². The van der Waals surface area contributed by atoms with Gasteiger partial charge in [0.15, 0.2) is 0 Å². The summed E-state index contributed by atoms with van der Waals surface area (Å²) < 4.78 is 41.7. The molecular weight excluding hydrogens is 255 g/mol. The highest BCUT2D eigenvalue weighted by Gasteiger charge is 2.44. The van der Waals surface area contributed by atoms with Crippen LogP contribution in [-0.2, 0) is 14.3 Å². The van der Waals surface area contributed by atoms with E-state index in [9.17, 15) is 22.8 Å². The Hall–Kier alpha value is -1.31. The summed E-state index contributed by atoms with van der Waals surface area (Å²) in [5, 5.41) is 10.5. The second-order valence-electron chi connectivity index (χ2n) is 4.24. The third-order valence-corrected chi connectivity index (χ3v) is 2.90. The Morgan fingerprint density at radius 2 is 1.83 bits per heavy atom. The molecule has 5 nitrogen and oxygen atoms in total. The predicted octanol–water partition coefficient (Wildman–Crippen LogP) is 1.08. The number of carbonyl (C=O) groups excluding carboxylic acids is 1. The van der Waals surface area contributed by atoms with Crippen LogP contribution in [0.2, 0.25) is 0 Å². The minimum absolute atomic E-state index is 0.0342. The Kier molecular flexibility index (Phi) is 4.55. The smallest absolute Gasteiger partial charge is 0.471 e. The van der Waals surface area contributed by atoms with E-state index >= 15 is 0 Å². The Morgan fingerprint density at radius 3 is 2.28 bits per heavy atom. The number of aliphatic carboxylic acids is 1. The van der Waals surface area contributed by atoms with E-state index in [1.807, 2.05) is 5.32 Å². The lowest BCUT2D eigenvalue weighted by molar-refractivity contribution is -0.177. The van der Waals surface area contributed by atoms with E-state index in [1.165, 1.54) is 0 Å². The molecule has 1 saturated heterocycles. The molecule has 0 atom stereocenters. The van der Waals surface area contributed by atoms with Crippen molar-refractivity contribution < 1.29 is 32.6 Å². The molecule has 1 heterocycles. The highest BCUT2D eigenvalue weighted by Crippen LogP contribution is 2.28. The summed E-state index contributed by atoms with van der Waals surface area (Å²) in [7, 11) is 0. The SMILES string of the molecule is O=C(O)CCC1(NC(=O)C(F)(F)F)CCOCC1. The van der Waals surface area contributed by atoms with Gasteiger partial charge in [0.05, 0.1) is 0 Å². The van der Waals surface area contributed by atoms with Gasteiger partial charge in [-0.3, -0.25) is 9.59 Å². The van der Waals surface area contributed by atoms with E-state index in [0.717, 1.165) is 0 Å². The number of ether oxygens (including phenoxy) is 1. The average Bonchev–Trinajstić information content (AvgIpc) is 2.26. The highest BCUT2D eigenvalue weighted by atomic mass is 19.4. The summed E-state index contributed by atoms with van der Waals surface area (Å²) in [6.07, 6.45) is -4.93. The Morgan fingerprint density at radius 1 is 1.28 bits per heavy atom. The quantitative estimate of drug-likeness (QED) is 0.800. The molecule has 0 bridgehead atoms. The van der Waals surface area contributed by atoms with E-state index < -0.39 is 23.6 Å². The van der Waals surface area contributed by atoms with Gasteiger partial charge in [0.2, 0.25) is 0 Å². The fourth-order valence-corrected chi connectivity index (χ4v) is 1.86. The van der Waals surface area contributed by atoms with Gasteiger partial charge < -0.3 is 15.2 Å². The molecule has 0 aliphatic carbocycles. The molecule has 18 heavy (non-hydrogen) atoms. The van der Waals surface area contributed by atoms with Gasteiger partial charge in [0.25, 0.3) is 0 Å². The van der Waals surface area contributed by atoms with Crippen LogP contribution in [0.25, 0.3) is 0 Å². The molecule has 1 amide bonds. The summed E-state index contributed by atoms with van der Waals surface area (Å²) in [5.74, 6) is -3.14. The van der Waals surface area contributed by atoms with Gasteiger partial charge in [-0.05, 0) is 19.3 Å². The van der Waals surface area contributed by atoms with Crippen molar-refractivity contribution in [3.63, 3.8) is 0 Å². The van der Waals surface area contributed by atoms with E-state index in [0.29, 0.717) is 0 Å². The Bertz CT molecular complexity index is 324. The highest BCUT2D eigenvalue weighted by molar-refractivity contribution is 5.82. The number of carboxylic acids is 1. The van der Waals surface area contributed by atoms with Crippen molar-refractivity contribution in [1.29, 1.82) is 0 Å². The van der Waals surface area contributed by atoms with Crippen LogP contribution < -0.4 is 5.32 Å². The fourth-order valence-electron chi connectivity index (χ4n) is 1.86. The number of hydrogen-bond acceptors (Lipinski definition) is 3. The van der Waals surface area contributed by atoms with Crippen molar-refractivity contribution in [3.05, 3.63) is 0 Å². The lowest BCUT2D eigenvalue weighted by Gasteiger charge is -2.38. The molecule has 8 heteroatoms. The van der Waals surface area contributed by atoms with Crippen molar-refractivity contribution in [3.8, 4) is 0 Å². The molecule has 2 N–H and O–H groups in total. The van der Waals surface area contributed by atoms with Crippen LogP contribution in [0.5, 0.6) is 0 Å². The van der Waals surface area contributed by atoms with Gasteiger partial charge in [-0.15, -0.1) is 0 Å². The largest absolute Gasteiger partial charge is 0.481 e. The van der Waals surface area contributed by atoms with Gasteiger partial charge in [0.1, 0.15) is 0 Å². The zero-order valence-corrected chi connectivity index (χ0v) is 9.55. The molecule has 1 aliphatic rings. The summed E-state index contributed by atoms with van der Waals surface area (Å²) in [6.45, 7) is 0.412. The predicted molar refractivity (Wildman–Crippen MR) is 53.9 cm³/mol. The molecule has 1 aliphatic heterocycles. The van der Waals surface area contributed by atoms with Crippen LogP contribution in [0, 0.1) is 0 Å². The van der Waals surface area contributed by atoms with Crippen molar-refractivity contribution in [2.45, 2.75) is 37.4 Å². The van der Waals surface area contributed by atoms with Crippen LogP contribution in [0.15, 0.2) is 0 Å². The number of carbonyl (C=O) groups is 2. The van der Waals surface area contributed by atoms with Crippen LogP contribution in [-0.4, -0.2) is 41.9 Å². The molecule has 0 spiro atoms. The first-order valence-corrected chi connectivity index (χ1v) is 5.44. The molecule has 0 saturated carbocycles. The minimum Gasteiger partial charge on any atom is -0.481 e. The van der Waals surface area contributed by atoms with Gasteiger partial charge in [-0.25, -0.2) is 0 Å². The maximum absolute atomic E-state index is 12.2. The lowest BCUT2D eigenvalue weighted by Crippen LogP contribution is -2.55. The molecule has 0 unspecified atom stereocenters. The van der Waals surface area contributed by atoms with Crippen LogP contribution in [0.4, 0.5) is 13.2 Å². The number of hydrogen-bond donors (Lipinski definition) is 2. The Labute approximate surface area is 101 Å². The van der Waals surface area contributed by atoms with Crippen molar-refractivity contribution in [1.82, 2.24) is 5.32 Å². The number of alkyl halides is 3. The molecule has 1 rings (SSSR count). The molecule has 1 fully saturated rings. The summed E-state index contributed by atoms with van der Waals surface area (Å²) in [5.41, 5.74) is -1.14. The van der Waals surface area contributed by atoms with Crippen molar-refractivity contribution in [2.24, 2.45) is 0 Å². The molecule has 0 radical (unpaired) electrons.